The number of aryl methyl sites for hydroxylation is 3. The molecule has 2 amide bonds. The predicted molar refractivity (Wildman–Crippen MR) is 143 cm³/mol. The van der Waals surface area contributed by atoms with E-state index in [0.29, 0.717) is 33.9 Å². The van der Waals surface area contributed by atoms with E-state index in [1.54, 1.807) is 27.2 Å². The Kier molecular flexibility index (Phi) is 7.44. The summed E-state index contributed by atoms with van der Waals surface area (Å²) in [7, 11) is 0. The van der Waals surface area contributed by atoms with Crippen LogP contribution in [0.2, 0.25) is 0 Å². The maximum Gasteiger partial charge on any atom is 0.262 e. The molecule has 0 spiro atoms. The van der Waals surface area contributed by atoms with Crippen molar-refractivity contribution >= 4 is 45.9 Å². The highest BCUT2D eigenvalue weighted by Gasteiger charge is 2.19. The minimum absolute atomic E-state index is 0.0255. The highest BCUT2D eigenvalue weighted by Crippen LogP contribution is 2.23. The van der Waals surface area contributed by atoms with Crippen LogP contribution in [-0.4, -0.2) is 42.8 Å². The lowest BCUT2D eigenvalue weighted by atomic mass is 10.1. The number of rotatable bonds is 8. The van der Waals surface area contributed by atoms with Gasteiger partial charge in [0.15, 0.2) is 5.16 Å². The van der Waals surface area contributed by atoms with Crippen molar-refractivity contribution in [3.63, 3.8) is 0 Å². The number of benzene rings is 2. The van der Waals surface area contributed by atoms with Crippen LogP contribution >= 0.6 is 11.8 Å². The molecule has 0 unspecified atom stereocenters. The Morgan fingerprint density at radius 2 is 1.78 bits per heavy atom. The molecule has 0 atom stereocenters. The normalized spacial score (nSPS) is 11.4. The van der Waals surface area contributed by atoms with Crippen LogP contribution in [-0.2, 0) is 11.3 Å². The molecule has 0 saturated carbocycles. The number of nitrogens with one attached hydrogen (secondary N) is 2. The zero-order chi connectivity index (χ0) is 26.0. The topological polar surface area (TPSA) is 110 Å². The molecule has 0 saturated heterocycles. The lowest BCUT2D eigenvalue weighted by Gasteiger charge is -2.13. The van der Waals surface area contributed by atoms with E-state index in [1.165, 1.54) is 11.8 Å². The first-order chi connectivity index (χ1) is 17.2. The van der Waals surface area contributed by atoms with E-state index in [4.69, 9.17) is 0 Å². The number of anilines is 1. The zero-order valence-corrected chi connectivity index (χ0v) is 21.9. The minimum atomic E-state index is -0.229. The monoisotopic (exact) mass is 506 g/mol. The molecule has 0 radical (unpaired) electrons. The number of carbonyl (C=O) groups excluding carboxylic acids is 2. The Balaban J connectivity index is 1.72. The molecule has 9 nitrogen and oxygen atoms in total. The van der Waals surface area contributed by atoms with Crippen molar-refractivity contribution in [1.82, 2.24) is 24.5 Å². The highest BCUT2D eigenvalue weighted by atomic mass is 32.2. The molecule has 2 N–H and O–H groups in total. The van der Waals surface area contributed by atoms with Gasteiger partial charge in [0.25, 0.3) is 11.5 Å². The van der Waals surface area contributed by atoms with E-state index in [0.717, 1.165) is 23.2 Å². The first kappa shape index (κ1) is 25.4. The second-order valence-corrected chi connectivity index (χ2v) is 10.1. The molecule has 0 aliphatic heterocycles. The quantitative estimate of drug-likeness (QED) is 0.350. The van der Waals surface area contributed by atoms with Crippen molar-refractivity contribution in [3.05, 3.63) is 63.4 Å². The Bertz CT molecular complexity index is 1500. The molecule has 36 heavy (non-hydrogen) atoms. The van der Waals surface area contributed by atoms with Crippen LogP contribution in [0.25, 0.3) is 16.7 Å². The third kappa shape index (κ3) is 5.28. The zero-order valence-electron chi connectivity index (χ0n) is 21.1. The van der Waals surface area contributed by atoms with Crippen molar-refractivity contribution < 1.29 is 9.59 Å². The number of aromatic nitrogens is 4. The molecular formula is C26H30N6O3S. The molecule has 2 aromatic heterocycles. The van der Waals surface area contributed by atoms with Gasteiger partial charge in [-0.05, 0) is 75.6 Å². The summed E-state index contributed by atoms with van der Waals surface area (Å²) in [6.07, 6.45) is 0.740. The van der Waals surface area contributed by atoms with E-state index >= 15 is 0 Å². The highest BCUT2D eigenvalue weighted by molar-refractivity contribution is 7.99. The van der Waals surface area contributed by atoms with Gasteiger partial charge in [-0.1, -0.05) is 24.8 Å². The molecule has 4 aromatic rings. The van der Waals surface area contributed by atoms with Gasteiger partial charge >= 0.3 is 0 Å². The van der Waals surface area contributed by atoms with Crippen LogP contribution in [0.3, 0.4) is 0 Å². The third-order valence-electron chi connectivity index (χ3n) is 5.54. The fourth-order valence-electron chi connectivity index (χ4n) is 4.16. The van der Waals surface area contributed by atoms with E-state index in [2.05, 4.69) is 20.8 Å². The van der Waals surface area contributed by atoms with Gasteiger partial charge < -0.3 is 10.6 Å². The van der Waals surface area contributed by atoms with Gasteiger partial charge in [-0.25, -0.2) is 0 Å². The minimum Gasteiger partial charge on any atom is -0.350 e. The molecule has 4 rings (SSSR count). The molecule has 10 heteroatoms. The van der Waals surface area contributed by atoms with Gasteiger partial charge in [-0.2, -0.15) is 0 Å². The van der Waals surface area contributed by atoms with Crippen molar-refractivity contribution in [1.29, 1.82) is 0 Å². The second kappa shape index (κ2) is 10.5. The third-order valence-corrected chi connectivity index (χ3v) is 6.47. The fourth-order valence-corrected chi connectivity index (χ4v) is 4.90. The van der Waals surface area contributed by atoms with Crippen molar-refractivity contribution in [2.45, 2.75) is 58.8 Å². The Morgan fingerprint density at radius 3 is 2.44 bits per heavy atom. The van der Waals surface area contributed by atoms with Crippen LogP contribution in [0.5, 0.6) is 0 Å². The summed E-state index contributed by atoms with van der Waals surface area (Å²) in [6, 6.07) is 10.9. The molecule has 2 heterocycles. The maximum atomic E-state index is 13.2. The summed E-state index contributed by atoms with van der Waals surface area (Å²) >= 11 is 1.23. The predicted octanol–water partition coefficient (Wildman–Crippen LogP) is 3.94. The lowest BCUT2D eigenvalue weighted by molar-refractivity contribution is -0.113. The largest absolute Gasteiger partial charge is 0.350 e. The number of thioether (sulfide) groups is 1. The molecule has 188 valence electrons. The van der Waals surface area contributed by atoms with E-state index in [9.17, 15) is 14.4 Å². The van der Waals surface area contributed by atoms with E-state index in [-0.39, 0.29) is 29.2 Å². The number of hydrogen-bond donors (Lipinski definition) is 2. The summed E-state index contributed by atoms with van der Waals surface area (Å²) in [6.45, 7) is 10.2. The van der Waals surface area contributed by atoms with E-state index in [1.807, 2.05) is 52.8 Å². The fraction of sp³-hybridized carbons (Fsp3) is 0.346. The van der Waals surface area contributed by atoms with E-state index < -0.39 is 0 Å². The first-order valence-corrected chi connectivity index (χ1v) is 12.9. The Labute approximate surface area is 213 Å². The second-order valence-electron chi connectivity index (χ2n) is 9.15. The summed E-state index contributed by atoms with van der Waals surface area (Å²) in [5.41, 5.74) is 3.65. The van der Waals surface area contributed by atoms with Crippen LogP contribution in [0, 0.1) is 13.8 Å². The van der Waals surface area contributed by atoms with Crippen molar-refractivity contribution in [2.24, 2.45) is 0 Å². The smallest absolute Gasteiger partial charge is 0.262 e. The van der Waals surface area contributed by atoms with Crippen LogP contribution in [0.4, 0.5) is 5.69 Å². The number of amides is 2. The van der Waals surface area contributed by atoms with Crippen molar-refractivity contribution in [2.75, 3.05) is 11.1 Å². The molecule has 0 bridgehead atoms. The summed E-state index contributed by atoms with van der Waals surface area (Å²) < 4.78 is 3.34. The van der Waals surface area contributed by atoms with Gasteiger partial charge in [0.05, 0.1) is 16.7 Å². The molecular weight excluding hydrogens is 476 g/mol. The molecule has 0 aliphatic rings. The standard InChI is InChI=1S/C26H30N6O3S/c1-6-9-31-24(35)20-8-7-18(23(34)27-15(2)3)13-21(20)32-25(31)29-30-26(32)36-14-22(33)28-19-11-16(4)10-17(5)12-19/h7-8,10-13,15H,6,9,14H2,1-5H3,(H,27,34)(H,28,33). The number of carbonyl (C=O) groups is 2. The van der Waals surface area contributed by atoms with Crippen LogP contribution < -0.4 is 16.2 Å². The van der Waals surface area contributed by atoms with Gasteiger partial charge in [0, 0.05) is 23.8 Å². The number of hydrogen-bond acceptors (Lipinski definition) is 6. The Hall–Kier alpha value is -3.66. The average molecular weight is 507 g/mol. The van der Waals surface area contributed by atoms with Crippen LogP contribution in [0.1, 0.15) is 48.7 Å². The summed E-state index contributed by atoms with van der Waals surface area (Å²) in [5.74, 6) is 0.0845. The maximum absolute atomic E-state index is 13.2. The summed E-state index contributed by atoms with van der Waals surface area (Å²) in [5, 5.41) is 15.3. The van der Waals surface area contributed by atoms with Gasteiger partial charge in [0.2, 0.25) is 11.7 Å². The van der Waals surface area contributed by atoms with Gasteiger partial charge in [-0.15, -0.1) is 10.2 Å². The van der Waals surface area contributed by atoms with Crippen molar-refractivity contribution in [3.8, 4) is 0 Å². The lowest BCUT2D eigenvalue weighted by Crippen LogP contribution is -2.30. The molecule has 0 fully saturated rings. The van der Waals surface area contributed by atoms with Crippen LogP contribution in [0.15, 0.2) is 46.3 Å². The van der Waals surface area contributed by atoms with Gasteiger partial charge in [-0.3, -0.25) is 23.4 Å². The number of nitrogens with zero attached hydrogens (tertiary/aromatic N) is 4. The van der Waals surface area contributed by atoms with Gasteiger partial charge in [0.1, 0.15) is 0 Å². The molecule has 0 aliphatic carbocycles. The Morgan fingerprint density at radius 1 is 1.06 bits per heavy atom. The summed E-state index contributed by atoms with van der Waals surface area (Å²) in [4.78, 5) is 38.6. The number of fused-ring (bicyclic) bond motifs is 3. The SMILES string of the molecule is CCCn1c(=O)c2ccc(C(=O)NC(C)C)cc2n2c(SCC(=O)Nc3cc(C)cc(C)c3)nnc12. The first-order valence-electron chi connectivity index (χ1n) is 11.9. The average Bonchev–Trinajstić information content (AvgIpc) is 3.23. The molecule has 2 aromatic carbocycles.